The Labute approximate surface area is 153 Å². The lowest BCUT2D eigenvalue weighted by Gasteiger charge is -2.35. The molecule has 2 aliphatic rings. The Morgan fingerprint density at radius 2 is 1.73 bits per heavy atom. The van der Waals surface area contributed by atoms with E-state index in [9.17, 15) is 9.36 Å². The highest BCUT2D eigenvalue weighted by atomic mass is 31.2. The van der Waals surface area contributed by atoms with Crippen molar-refractivity contribution in [2.24, 2.45) is 0 Å². The van der Waals surface area contributed by atoms with Crippen molar-refractivity contribution in [3.8, 4) is 5.75 Å². The van der Waals surface area contributed by atoms with Gasteiger partial charge in [0.05, 0.1) is 26.4 Å². The Hall–Kier alpha value is -1.24. The summed E-state index contributed by atoms with van der Waals surface area (Å²) in [5.41, 5.74) is -0.173. The van der Waals surface area contributed by atoms with Crippen molar-refractivity contribution in [1.29, 1.82) is 0 Å². The average Bonchev–Trinajstić information content (AvgIpc) is 3.13. The largest absolute Gasteiger partial charge is 0.426 e. The number of ether oxygens (including phenoxy) is 3. The molecule has 144 valence electrons. The van der Waals surface area contributed by atoms with E-state index in [1.807, 2.05) is 12.1 Å². The van der Waals surface area contributed by atoms with Crippen molar-refractivity contribution in [3.63, 3.8) is 0 Å². The third-order valence-electron chi connectivity index (χ3n) is 4.51. The topological polar surface area (TPSA) is 80.3 Å². The number of fused-ring (bicyclic) bond motifs is 1. The van der Waals surface area contributed by atoms with E-state index in [1.165, 1.54) is 0 Å². The maximum absolute atomic E-state index is 13.4. The van der Waals surface area contributed by atoms with Crippen LogP contribution < -0.4 is 4.74 Å². The zero-order valence-corrected chi connectivity index (χ0v) is 16.0. The molecule has 1 aromatic carbocycles. The second-order valence-electron chi connectivity index (χ2n) is 6.13. The molecule has 0 N–H and O–H groups in total. The lowest BCUT2D eigenvalue weighted by atomic mass is 9.88. The number of esters is 1. The van der Waals surface area contributed by atoms with Gasteiger partial charge in [-0.3, -0.25) is 9.36 Å². The molecule has 7 nitrogen and oxygen atoms in total. The molecule has 8 heteroatoms. The minimum Gasteiger partial charge on any atom is -0.426 e. The highest BCUT2D eigenvalue weighted by molar-refractivity contribution is 7.55. The van der Waals surface area contributed by atoms with Crippen molar-refractivity contribution in [2.45, 2.75) is 44.6 Å². The van der Waals surface area contributed by atoms with Gasteiger partial charge in [-0.05, 0) is 38.3 Å². The van der Waals surface area contributed by atoms with Crippen molar-refractivity contribution >= 4 is 13.6 Å². The van der Waals surface area contributed by atoms with E-state index < -0.39 is 19.2 Å². The summed E-state index contributed by atoms with van der Waals surface area (Å²) in [4.78, 5) is 12.7. The molecule has 2 aliphatic heterocycles. The van der Waals surface area contributed by atoms with Gasteiger partial charge in [0, 0.05) is 5.92 Å². The molecule has 1 fully saturated rings. The summed E-state index contributed by atoms with van der Waals surface area (Å²) >= 11 is 0. The van der Waals surface area contributed by atoms with Crippen LogP contribution in [-0.2, 0) is 27.9 Å². The van der Waals surface area contributed by atoms with Gasteiger partial charge >= 0.3 is 13.6 Å². The Morgan fingerprint density at radius 3 is 2.38 bits per heavy atom. The maximum atomic E-state index is 13.4. The monoisotopic (exact) mass is 384 g/mol. The van der Waals surface area contributed by atoms with Crippen molar-refractivity contribution < 1.29 is 32.6 Å². The van der Waals surface area contributed by atoms with E-state index in [4.69, 9.17) is 23.3 Å². The molecular weight excluding hydrogens is 359 g/mol. The molecule has 26 heavy (non-hydrogen) atoms. The van der Waals surface area contributed by atoms with Crippen molar-refractivity contribution in [1.82, 2.24) is 0 Å². The molecule has 2 heterocycles. The Bertz CT molecular complexity index is 661. The third kappa shape index (κ3) is 4.02. The molecule has 0 aromatic heterocycles. The van der Waals surface area contributed by atoms with Crippen molar-refractivity contribution in [3.05, 3.63) is 29.8 Å². The molecule has 1 saturated heterocycles. The Kier molecular flexibility index (Phi) is 6.48. The molecule has 0 aliphatic carbocycles. The van der Waals surface area contributed by atoms with Gasteiger partial charge < -0.3 is 23.3 Å². The molecule has 1 aromatic rings. The van der Waals surface area contributed by atoms with Crippen LogP contribution in [0.1, 0.15) is 38.2 Å². The third-order valence-corrected chi connectivity index (χ3v) is 7.00. The summed E-state index contributed by atoms with van der Waals surface area (Å²) in [7, 11) is -3.68. The van der Waals surface area contributed by atoms with Crippen LogP contribution in [0.2, 0.25) is 0 Å². The first-order valence-electron chi connectivity index (χ1n) is 9.01. The average molecular weight is 384 g/mol. The number of carbonyl (C=O) groups is 1. The summed E-state index contributed by atoms with van der Waals surface area (Å²) in [6, 6.07) is 7.30. The second kappa shape index (κ2) is 8.63. The van der Waals surface area contributed by atoms with Crippen LogP contribution in [-0.4, -0.2) is 44.3 Å². The predicted octanol–water partition coefficient (Wildman–Crippen LogP) is 3.48. The standard InChI is InChI=1S/C18H25O7P/c1-3-23-26(20,24-4-2)17-14(9-10-16-21-11-12-22-16)13-7-5-6-8-15(13)25-18(17)19/h5-8,14,16-17H,3-4,9-12H2,1-2H3/t14-,17+/m0/s1. The van der Waals surface area contributed by atoms with Gasteiger partial charge in [-0.25, -0.2) is 0 Å². The van der Waals surface area contributed by atoms with Gasteiger partial charge in [-0.1, -0.05) is 18.2 Å². The first-order valence-corrected chi connectivity index (χ1v) is 10.6. The molecule has 0 saturated carbocycles. The molecular formula is C18H25O7P. The van der Waals surface area contributed by atoms with E-state index in [0.29, 0.717) is 31.8 Å². The summed E-state index contributed by atoms with van der Waals surface area (Å²) in [5, 5.41) is 0. The molecule has 0 unspecified atom stereocenters. The lowest BCUT2D eigenvalue weighted by molar-refractivity contribution is -0.136. The van der Waals surface area contributed by atoms with Crippen LogP contribution in [0.25, 0.3) is 0 Å². The van der Waals surface area contributed by atoms with Crippen LogP contribution in [0.3, 0.4) is 0 Å². The second-order valence-corrected chi connectivity index (χ2v) is 8.29. The molecule has 2 atom stereocenters. The fraction of sp³-hybridized carbons (Fsp3) is 0.611. The highest BCUT2D eigenvalue weighted by Crippen LogP contribution is 2.60. The number of benzene rings is 1. The first-order chi connectivity index (χ1) is 12.6. The number of hydrogen-bond acceptors (Lipinski definition) is 7. The van der Waals surface area contributed by atoms with Crippen LogP contribution in [0, 0.1) is 0 Å². The zero-order chi connectivity index (χ0) is 18.6. The fourth-order valence-electron chi connectivity index (χ4n) is 3.49. The summed E-state index contributed by atoms with van der Waals surface area (Å²) in [6.45, 7) is 4.95. The van der Waals surface area contributed by atoms with E-state index in [0.717, 1.165) is 5.56 Å². The minimum atomic E-state index is -3.68. The maximum Gasteiger partial charge on any atom is 0.345 e. The normalized spacial score (nSPS) is 23.7. The molecule has 0 radical (unpaired) electrons. The van der Waals surface area contributed by atoms with E-state index in [1.54, 1.807) is 26.0 Å². The summed E-state index contributed by atoms with van der Waals surface area (Å²) in [6.07, 6.45) is 0.825. The number of hydrogen-bond donors (Lipinski definition) is 0. The minimum absolute atomic E-state index is 0.185. The van der Waals surface area contributed by atoms with Crippen molar-refractivity contribution in [2.75, 3.05) is 26.4 Å². The smallest absolute Gasteiger partial charge is 0.345 e. The van der Waals surface area contributed by atoms with Crippen LogP contribution in [0.15, 0.2) is 24.3 Å². The number of carbonyl (C=O) groups excluding carboxylic acids is 1. The first kappa shape index (κ1) is 19.5. The zero-order valence-electron chi connectivity index (χ0n) is 15.1. The van der Waals surface area contributed by atoms with Gasteiger partial charge in [0.25, 0.3) is 0 Å². The van der Waals surface area contributed by atoms with Crippen LogP contribution in [0.4, 0.5) is 0 Å². The molecule has 3 rings (SSSR count). The lowest BCUT2D eigenvalue weighted by Crippen LogP contribution is -2.38. The van der Waals surface area contributed by atoms with E-state index in [-0.39, 0.29) is 25.4 Å². The van der Waals surface area contributed by atoms with Gasteiger partial charge in [0.15, 0.2) is 11.9 Å². The summed E-state index contributed by atoms with van der Waals surface area (Å²) < 4.78 is 40.8. The number of para-hydroxylation sites is 1. The Balaban J connectivity index is 1.93. The molecule has 0 spiro atoms. The van der Waals surface area contributed by atoms with Gasteiger partial charge in [0.1, 0.15) is 5.75 Å². The fourth-order valence-corrected chi connectivity index (χ4v) is 5.67. The van der Waals surface area contributed by atoms with E-state index >= 15 is 0 Å². The van der Waals surface area contributed by atoms with Gasteiger partial charge in [0.2, 0.25) is 0 Å². The predicted molar refractivity (Wildman–Crippen MR) is 94.4 cm³/mol. The van der Waals surface area contributed by atoms with Gasteiger partial charge in [-0.15, -0.1) is 0 Å². The van der Waals surface area contributed by atoms with E-state index in [2.05, 4.69) is 0 Å². The molecule has 0 bridgehead atoms. The van der Waals surface area contributed by atoms with Crippen LogP contribution in [0.5, 0.6) is 5.75 Å². The SMILES string of the molecule is CCOP(=O)(OCC)[C@H]1C(=O)Oc2ccccc2[C@@H]1CCC1OCCO1. The molecule has 0 amide bonds. The quantitative estimate of drug-likeness (QED) is 0.386. The van der Waals surface area contributed by atoms with Gasteiger partial charge in [-0.2, -0.15) is 0 Å². The van der Waals surface area contributed by atoms with Crippen LogP contribution >= 0.6 is 7.60 Å². The summed E-state index contributed by atoms with van der Waals surface area (Å²) in [5.74, 6) is -0.442. The highest BCUT2D eigenvalue weighted by Gasteiger charge is 2.51. The Morgan fingerprint density at radius 1 is 1.08 bits per heavy atom. The number of rotatable bonds is 8.